The molecular formula is Cl2MgNaO+. The Morgan fingerprint density at radius 1 is 1.20 bits per heavy atom. The van der Waals surface area contributed by atoms with Crippen molar-refractivity contribution in [2.75, 3.05) is 0 Å². The van der Waals surface area contributed by atoms with Crippen molar-refractivity contribution in [3.8, 4) is 0 Å². The average Bonchev–Trinajstić information content (AvgIpc) is 1.00. The Balaban J connectivity index is -0.00000000167. The largest absolute Gasteiger partial charge is 2.00 e. The van der Waals surface area contributed by atoms with Crippen LogP contribution >= 0.6 is 11.9 Å². The topological polar surface area (TPSA) is 23.1 Å². The van der Waals surface area contributed by atoms with E-state index < -0.39 is 0 Å². The molecule has 0 aromatic heterocycles. The second-order valence-electron chi connectivity index (χ2n) is 0. The third-order valence-corrected chi connectivity index (χ3v) is 0. The van der Waals surface area contributed by atoms with Gasteiger partial charge in [-0.2, -0.15) is 0 Å². The molecule has 0 fully saturated rings. The maximum atomic E-state index is 7.72. The Labute approximate surface area is 80.5 Å². The summed E-state index contributed by atoms with van der Waals surface area (Å²) in [5, 5.41) is 0. The van der Waals surface area contributed by atoms with Gasteiger partial charge in [0.25, 0.3) is 0 Å². The van der Waals surface area contributed by atoms with Gasteiger partial charge in [0.1, 0.15) is 0 Å². The molecule has 1 nitrogen and oxygen atoms in total. The predicted molar refractivity (Wildman–Crippen MR) is 11.6 cm³/mol. The minimum atomic E-state index is 0. The molecule has 22 valence electrons. The zero-order valence-corrected chi connectivity index (χ0v) is 7.80. The van der Waals surface area contributed by atoms with Gasteiger partial charge in [0, 0.05) is 0 Å². The van der Waals surface area contributed by atoms with Crippen molar-refractivity contribution >= 4 is 34.9 Å². The zero-order chi connectivity index (χ0) is 2.00. The Hall–Kier alpha value is 2.31. The van der Waals surface area contributed by atoms with Gasteiger partial charge in [-0.3, -0.25) is 0 Å². The second-order valence-corrected chi connectivity index (χ2v) is 0. The molecule has 0 spiro atoms. The minimum Gasteiger partial charge on any atom is -1.00 e. The maximum Gasteiger partial charge on any atom is 2.00 e. The van der Waals surface area contributed by atoms with Crippen LogP contribution in [0.25, 0.3) is 0 Å². The molecule has 0 bridgehead atoms. The van der Waals surface area contributed by atoms with Crippen molar-refractivity contribution in [2.24, 2.45) is 0 Å². The fourth-order valence-electron chi connectivity index (χ4n) is 0. The van der Waals surface area contributed by atoms with Crippen LogP contribution in [0.2, 0.25) is 0 Å². The quantitative estimate of drug-likeness (QED) is 0.302. The van der Waals surface area contributed by atoms with Crippen molar-refractivity contribution in [2.45, 2.75) is 0 Å². The van der Waals surface area contributed by atoms with Gasteiger partial charge >= 0.3 is 52.6 Å². The summed E-state index contributed by atoms with van der Waals surface area (Å²) in [4.78, 5) is 0. The molecule has 0 unspecified atom stereocenters. The van der Waals surface area contributed by atoms with Crippen LogP contribution in [0.3, 0.4) is 0 Å². The molecule has 0 heterocycles. The van der Waals surface area contributed by atoms with Gasteiger partial charge in [-0.1, -0.05) is 0 Å². The normalized spacial score (nSPS) is 1.20. The molecule has 0 rings (SSSR count). The molecule has 0 aliphatic heterocycles. The van der Waals surface area contributed by atoms with E-state index in [2.05, 4.69) is 11.9 Å². The van der Waals surface area contributed by atoms with Crippen LogP contribution < -0.4 is 46.6 Å². The molecule has 0 aliphatic carbocycles. The standard InChI is InChI=1S/ClO.ClH.Mg.Na/c1-2;;;/h;1H;;/q-1;;+2;+1/p-1. The van der Waals surface area contributed by atoms with Crippen molar-refractivity contribution in [3.05, 3.63) is 0 Å². The monoisotopic (exact) mass is 133 g/mol. The van der Waals surface area contributed by atoms with Crippen molar-refractivity contribution in [1.29, 1.82) is 0 Å². The number of halogens is 2. The van der Waals surface area contributed by atoms with E-state index >= 15 is 0 Å². The molecular weight excluding hydrogens is 134 g/mol. The van der Waals surface area contributed by atoms with Crippen LogP contribution in [0, 0.1) is 0 Å². The van der Waals surface area contributed by atoms with E-state index in [4.69, 9.17) is 4.66 Å². The molecule has 0 amide bonds. The van der Waals surface area contributed by atoms with E-state index in [1.165, 1.54) is 0 Å². The van der Waals surface area contributed by atoms with E-state index in [0.717, 1.165) is 0 Å². The smallest absolute Gasteiger partial charge is 1.00 e. The van der Waals surface area contributed by atoms with Gasteiger partial charge in [-0.05, 0) is 0 Å². The van der Waals surface area contributed by atoms with Crippen molar-refractivity contribution in [3.63, 3.8) is 0 Å². The number of rotatable bonds is 0. The van der Waals surface area contributed by atoms with Crippen LogP contribution in [-0.2, 0) is 0 Å². The van der Waals surface area contributed by atoms with Gasteiger partial charge in [-0.25, -0.2) is 11.9 Å². The fourth-order valence-corrected chi connectivity index (χ4v) is 0. The van der Waals surface area contributed by atoms with Gasteiger partial charge < -0.3 is 17.1 Å². The third-order valence-electron chi connectivity index (χ3n) is 0. The molecule has 0 aromatic carbocycles. The van der Waals surface area contributed by atoms with Gasteiger partial charge in [0.15, 0.2) is 0 Å². The molecule has 0 aliphatic rings. The number of hydrogen-bond acceptors (Lipinski definition) is 1. The molecule has 5 heavy (non-hydrogen) atoms. The molecule has 0 N–H and O–H groups in total. The van der Waals surface area contributed by atoms with E-state index in [9.17, 15) is 0 Å². The van der Waals surface area contributed by atoms with Crippen LogP contribution in [0.4, 0.5) is 0 Å². The zero-order valence-electron chi connectivity index (χ0n) is 2.87. The van der Waals surface area contributed by atoms with E-state index in [-0.39, 0.29) is 65.0 Å². The van der Waals surface area contributed by atoms with Gasteiger partial charge in [0.2, 0.25) is 0 Å². The van der Waals surface area contributed by atoms with E-state index in [1.807, 2.05) is 0 Å². The van der Waals surface area contributed by atoms with E-state index in [1.54, 1.807) is 0 Å². The summed E-state index contributed by atoms with van der Waals surface area (Å²) in [6.45, 7) is 0. The van der Waals surface area contributed by atoms with Crippen molar-refractivity contribution in [1.82, 2.24) is 0 Å². The average molecular weight is 134 g/mol. The first-order chi connectivity index (χ1) is 1.00. The van der Waals surface area contributed by atoms with Gasteiger partial charge in [-0.15, -0.1) is 0 Å². The Morgan fingerprint density at radius 3 is 1.20 bits per heavy atom. The summed E-state index contributed by atoms with van der Waals surface area (Å²) in [5.74, 6) is 0. The first-order valence-electron chi connectivity index (χ1n) is 0.154. The molecule has 0 aromatic rings. The summed E-state index contributed by atoms with van der Waals surface area (Å²) >= 11 is 3.39. The molecule has 0 saturated heterocycles. The Bertz CT molecular complexity index is 9.61. The summed E-state index contributed by atoms with van der Waals surface area (Å²) in [5.41, 5.74) is 0. The third kappa shape index (κ3) is 22.0. The molecule has 0 saturated carbocycles. The number of hydrogen-bond donors (Lipinski definition) is 0. The van der Waals surface area contributed by atoms with E-state index in [0.29, 0.717) is 0 Å². The molecule has 0 atom stereocenters. The Morgan fingerprint density at radius 2 is 1.20 bits per heavy atom. The van der Waals surface area contributed by atoms with Crippen molar-refractivity contribution < 1.29 is 46.6 Å². The summed E-state index contributed by atoms with van der Waals surface area (Å²) in [6, 6.07) is 0. The van der Waals surface area contributed by atoms with Crippen LogP contribution in [0.5, 0.6) is 0 Å². The first kappa shape index (κ1) is 26.6. The maximum absolute atomic E-state index is 7.72. The fraction of sp³-hybridized carbons (Fsp3) is 0. The summed E-state index contributed by atoms with van der Waals surface area (Å²) in [6.07, 6.45) is 0. The second kappa shape index (κ2) is 33.4. The van der Waals surface area contributed by atoms with Crippen LogP contribution in [0.1, 0.15) is 0 Å². The van der Waals surface area contributed by atoms with Gasteiger partial charge in [0.05, 0.1) is 0 Å². The summed E-state index contributed by atoms with van der Waals surface area (Å²) in [7, 11) is 0. The molecule has 5 heteroatoms. The minimum absolute atomic E-state index is 0. The first-order valence-corrected chi connectivity index (χ1v) is 0.463. The van der Waals surface area contributed by atoms with Crippen LogP contribution in [0.15, 0.2) is 0 Å². The predicted octanol–water partition coefficient (Wildman–Crippen LogP) is -6.87. The summed E-state index contributed by atoms with van der Waals surface area (Å²) < 4.78 is 7.72. The Kier molecular flexibility index (Phi) is 177. The SMILES string of the molecule is [Cl-].[Mg+2].[Na+].[O-]Cl. The molecule has 0 radical (unpaired) electrons. The van der Waals surface area contributed by atoms with Crippen LogP contribution in [-0.4, -0.2) is 23.1 Å².